The van der Waals surface area contributed by atoms with Crippen molar-refractivity contribution in [3.63, 3.8) is 0 Å². The van der Waals surface area contributed by atoms with Crippen LogP contribution < -0.4 is 10.2 Å². The second-order valence-electron chi connectivity index (χ2n) is 4.89. The fourth-order valence-electron chi connectivity index (χ4n) is 2.20. The lowest BCUT2D eigenvalue weighted by Gasteiger charge is -2.20. The maximum atomic E-state index is 13.8. The summed E-state index contributed by atoms with van der Waals surface area (Å²) in [6.45, 7) is 4.65. The van der Waals surface area contributed by atoms with E-state index >= 15 is 0 Å². The standard InChI is InChI=1S/C17H19FN2O/c1-4-19-15-11-12(2)9-10-13(15)17(21)20(3)16-8-6-5-7-14(16)18/h5-11,19H,4H2,1-3H3. The Morgan fingerprint density at radius 1 is 1.24 bits per heavy atom. The quantitative estimate of drug-likeness (QED) is 0.926. The summed E-state index contributed by atoms with van der Waals surface area (Å²) in [5.74, 6) is -0.651. The minimum Gasteiger partial charge on any atom is -0.385 e. The molecule has 0 unspecified atom stereocenters. The predicted molar refractivity (Wildman–Crippen MR) is 84.5 cm³/mol. The lowest BCUT2D eigenvalue weighted by atomic mass is 10.1. The van der Waals surface area contributed by atoms with Gasteiger partial charge in [0.1, 0.15) is 5.82 Å². The summed E-state index contributed by atoms with van der Waals surface area (Å²) >= 11 is 0. The maximum absolute atomic E-state index is 13.8. The lowest BCUT2D eigenvalue weighted by molar-refractivity contribution is 0.0993. The largest absolute Gasteiger partial charge is 0.385 e. The molecular weight excluding hydrogens is 267 g/mol. The summed E-state index contributed by atoms with van der Waals surface area (Å²) in [5.41, 5.74) is 2.64. The van der Waals surface area contributed by atoms with Gasteiger partial charge in [0.05, 0.1) is 11.3 Å². The molecule has 0 aliphatic heterocycles. The number of benzene rings is 2. The first-order valence-corrected chi connectivity index (χ1v) is 6.91. The zero-order valence-corrected chi connectivity index (χ0v) is 12.5. The summed E-state index contributed by atoms with van der Waals surface area (Å²) in [7, 11) is 1.58. The number of aryl methyl sites for hydroxylation is 1. The Balaban J connectivity index is 2.38. The third-order valence-corrected chi connectivity index (χ3v) is 3.29. The van der Waals surface area contributed by atoms with E-state index in [4.69, 9.17) is 0 Å². The van der Waals surface area contributed by atoms with Crippen molar-refractivity contribution in [2.24, 2.45) is 0 Å². The fraction of sp³-hybridized carbons (Fsp3) is 0.235. The van der Waals surface area contributed by atoms with Gasteiger partial charge in [0.25, 0.3) is 5.91 Å². The van der Waals surface area contributed by atoms with Gasteiger partial charge in [0.2, 0.25) is 0 Å². The summed E-state index contributed by atoms with van der Waals surface area (Å²) in [6, 6.07) is 11.8. The molecule has 0 bridgehead atoms. The third-order valence-electron chi connectivity index (χ3n) is 3.29. The molecule has 0 spiro atoms. The second-order valence-corrected chi connectivity index (χ2v) is 4.89. The Bertz CT molecular complexity index is 655. The van der Waals surface area contributed by atoms with Gasteiger partial charge < -0.3 is 10.2 Å². The van der Waals surface area contributed by atoms with Crippen molar-refractivity contribution in [3.05, 3.63) is 59.4 Å². The second kappa shape index (κ2) is 6.39. The van der Waals surface area contributed by atoms with Gasteiger partial charge in [-0.15, -0.1) is 0 Å². The number of anilines is 2. The molecule has 0 saturated carbocycles. The highest BCUT2D eigenvalue weighted by molar-refractivity contribution is 6.09. The summed E-state index contributed by atoms with van der Waals surface area (Å²) in [4.78, 5) is 14.0. The van der Waals surface area contributed by atoms with Gasteiger partial charge in [-0.25, -0.2) is 4.39 Å². The Labute approximate surface area is 124 Å². The zero-order chi connectivity index (χ0) is 15.4. The number of nitrogens with zero attached hydrogens (tertiary/aromatic N) is 1. The van der Waals surface area contributed by atoms with Gasteiger partial charge in [-0.1, -0.05) is 18.2 Å². The van der Waals surface area contributed by atoms with Gasteiger partial charge in [-0.05, 0) is 43.7 Å². The molecule has 0 radical (unpaired) electrons. The van der Waals surface area contributed by atoms with E-state index in [1.807, 2.05) is 26.0 Å². The van der Waals surface area contributed by atoms with E-state index in [0.717, 1.165) is 11.3 Å². The smallest absolute Gasteiger partial charge is 0.260 e. The summed E-state index contributed by atoms with van der Waals surface area (Å²) in [6.07, 6.45) is 0. The molecule has 0 aliphatic carbocycles. The number of halogens is 1. The van der Waals surface area contributed by atoms with E-state index in [0.29, 0.717) is 12.1 Å². The van der Waals surface area contributed by atoms with Gasteiger partial charge in [-0.2, -0.15) is 0 Å². The van der Waals surface area contributed by atoms with Gasteiger partial charge in [0, 0.05) is 19.3 Å². The summed E-state index contributed by atoms with van der Waals surface area (Å²) < 4.78 is 13.8. The molecule has 3 nitrogen and oxygen atoms in total. The monoisotopic (exact) mass is 286 g/mol. The highest BCUT2D eigenvalue weighted by Gasteiger charge is 2.19. The van der Waals surface area contributed by atoms with Crippen molar-refractivity contribution >= 4 is 17.3 Å². The van der Waals surface area contributed by atoms with Crippen molar-refractivity contribution in [3.8, 4) is 0 Å². The van der Waals surface area contributed by atoms with Crippen LogP contribution in [0.4, 0.5) is 15.8 Å². The molecule has 0 heterocycles. The SMILES string of the molecule is CCNc1cc(C)ccc1C(=O)N(C)c1ccccc1F. The van der Waals surface area contributed by atoms with Crippen molar-refractivity contribution < 1.29 is 9.18 Å². The predicted octanol–water partition coefficient (Wildman–Crippen LogP) is 3.84. The van der Waals surface area contributed by atoms with Crippen molar-refractivity contribution in [1.82, 2.24) is 0 Å². The molecule has 2 aromatic rings. The van der Waals surface area contributed by atoms with Gasteiger partial charge >= 0.3 is 0 Å². The van der Waals surface area contributed by atoms with E-state index in [1.54, 1.807) is 31.3 Å². The van der Waals surface area contributed by atoms with E-state index in [1.165, 1.54) is 11.0 Å². The molecule has 110 valence electrons. The Morgan fingerprint density at radius 2 is 1.95 bits per heavy atom. The normalized spacial score (nSPS) is 10.3. The number of amides is 1. The van der Waals surface area contributed by atoms with Crippen LogP contribution in [0.15, 0.2) is 42.5 Å². The first kappa shape index (κ1) is 15.0. The molecular formula is C17H19FN2O. The molecule has 0 atom stereocenters. The van der Waals surface area contributed by atoms with Crippen molar-refractivity contribution in [2.45, 2.75) is 13.8 Å². The van der Waals surface area contributed by atoms with E-state index in [2.05, 4.69) is 5.32 Å². The Kier molecular flexibility index (Phi) is 4.58. The number of carbonyl (C=O) groups excluding carboxylic acids is 1. The van der Waals surface area contributed by atoms with Crippen LogP contribution in [0.3, 0.4) is 0 Å². The van der Waals surface area contributed by atoms with Gasteiger partial charge in [0.15, 0.2) is 0 Å². The van der Waals surface area contributed by atoms with E-state index in [9.17, 15) is 9.18 Å². The maximum Gasteiger partial charge on any atom is 0.260 e. The topological polar surface area (TPSA) is 32.3 Å². The molecule has 1 amide bonds. The van der Waals surface area contributed by atoms with Crippen molar-refractivity contribution in [2.75, 3.05) is 23.8 Å². The molecule has 21 heavy (non-hydrogen) atoms. The Morgan fingerprint density at radius 3 is 2.62 bits per heavy atom. The number of hydrogen-bond acceptors (Lipinski definition) is 2. The minimum absolute atomic E-state index is 0.240. The van der Waals surface area contributed by atoms with Crippen LogP contribution in [0, 0.1) is 12.7 Å². The van der Waals surface area contributed by atoms with Gasteiger partial charge in [-0.3, -0.25) is 4.79 Å². The van der Waals surface area contributed by atoms with E-state index in [-0.39, 0.29) is 11.6 Å². The van der Waals surface area contributed by atoms with Crippen LogP contribution in [-0.2, 0) is 0 Å². The average molecular weight is 286 g/mol. The fourth-order valence-corrected chi connectivity index (χ4v) is 2.20. The molecule has 0 aromatic heterocycles. The first-order valence-electron chi connectivity index (χ1n) is 6.91. The lowest BCUT2D eigenvalue weighted by Crippen LogP contribution is -2.28. The first-order chi connectivity index (χ1) is 10.0. The van der Waals surface area contributed by atoms with Crippen LogP contribution in [0.25, 0.3) is 0 Å². The van der Waals surface area contributed by atoms with Crippen LogP contribution in [-0.4, -0.2) is 19.5 Å². The number of hydrogen-bond donors (Lipinski definition) is 1. The minimum atomic E-state index is -0.412. The number of carbonyl (C=O) groups is 1. The van der Waals surface area contributed by atoms with Crippen LogP contribution in [0.2, 0.25) is 0 Å². The van der Waals surface area contributed by atoms with Crippen LogP contribution in [0.5, 0.6) is 0 Å². The molecule has 0 fully saturated rings. The highest BCUT2D eigenvalue weighted by Crippen LogP contribution is 2.23. The molecule has 0 saturated heterocycles. The average Bonchev–Trinajstić information content (AvgIpc) is 2.47. The van der Waals surface area contributed by atoms with Crippen LogP contribution >= 0.6 is 0 Å². The zero-order valence-electron chi connectivity index (χ0n) is 12.5. The third kappa shape index (κ3) is 3.21. The highest BCUT2D eigenvalue weighted by atomic mass is 19.1. The van der Waals surface area contributed by atoms with E-state index < -0.39 is 5.82 Å². The number of nitrogens with one attached hydrogen (secondary N) is 1. The molecule has 4 heteroatoms. The number of rotatable bonds is 4. The molecule has 2 aromatic carbocycles. The van der Waals surface area contributed by atoms with Crippen LogP contribution in [0.1, 0.15) is 22.8 Å². The van der Waals surface area contributed by atoms with Crippen molar-refractivity contribution in [1.29, 1.82) is 0 Å². The molecule has 1 N–H and O–H groups in total. The number of para-hydroxylation sites is 1. The molecule has 2 rings (SSSR count). The Hall–Kier alpha value is -2.36. The summed E-state index contributed by atoms with van der Waals surface area (Å²) in [5, 5.41) is 3.18. The molecule has 0 aliphatic rings.